The van der Waals surface area contributed by atoms with Crippen molar-refractivity contribution < 1.29 is 27.4 Å². The summed E-state index contributed by atoms with van der Waals surface area (Å²) in [6, 6.07) is 6.09. The second kappa shape index (κ2) is 7.70. The molecule has 3 nitrogen and oxygen atoms in total. The topological polar surface area (TPSA) is 35.5 Å². The molecule has 0 bridgehead atoms. The van der Waals surface area contributed by atoms with Crippen LogP contribution < -0.4 is 4.74 Å². The second-order valence-electron chi connectivity index (χ2n) is 5.84. The number of ether oxygens (including phenoxy) is 2. The molecule has 6 heteroatoms. The third-order valence-corrected chi connectivity index (χ3v) is 4.19. The lowest BCUT2D eigenvalue weighted by Gasteiger charge is -2.28. The van der Waals surface area contributed by atoms with Crippen molar-refractivity contribution in [1.82, 2.24) is 0 Å². The summed E-state index contributed by atoms with van der Waals surface area (Å²) in [5.41, 5.74) is 1.02. The van der Waals surface area contributed by atoms with Crippen LogP contribution in [0.1, 0.15) is 50.5 Å². The summed E-state index contributed by atoms with van der Waals surface area (Å²) in [5.74, 6) is 0.327. The van der Waals surface area contributed by atoms with Crippen molar-refractivity contribution in [3.8, 4) is 5.75 Å². The van der Waals surface area contributed by atoms with Gasteiger partial charge in [0, 0.05) is 6.42 Å². The van der Waals surface area contributed by atoms with Crippen LogP contribution in [0.15, 0.2) is 24.3 Å². The molecule has 0 spiro atoms. The first-order chi connectivity index (χ1) is 10.9. The van der Waals surface area contributed by atoms with Gasteiger partial charge < -0.3 is 9.47 Å². The normalized spacial score (nSPS) is 21.7. The highest BCUT2D eigenvalue weighted by Gasteiger charge is 2.31. The molecule has 1 aromatic rings. The van der Waals surface area contributed by atoms with Gasteiger partial charge in [0.25, 0.3) is 0 Å². The van der Waals surface area contributed by atoms with E-state index in [9.17, 15) is 18.0 Å². The van der Waals surface area contributed by atoms with Gasteiger partial charge in [-0.1, -0.05) is 12.1 Å². The Balaban J connectivity index is 1.84. The highest BCUT2D eigenvalue weighted by Crippen LogP contribution is 2.37. The molecule has 128 valence electrons. The van der Waals surface area contributed by atoms with E-state index in [1.165, 1.54) is 12.1 Å². The molecule has 0 atom stereocenters. The van der Waals surface area contributed by atoms with E-state index < -0.39 is 6.36 Å². The van der Waals surface area contributed by atoms with Gasteiger partial charge in [0.05, 0.1) is 6.61 Å². The molecule has 2 rings (SSSR count). The van der Waals surface area contributed by atoms with Gasteiger partial charge in [-0.2, -0.15) is 0 Å². The molecule has 0 aliphatic heterocycles. The van der Waals surface area contributed by atoms with E-state index in [0.29, 0.717) is 24.9 Å². The lowest BCUT2D eigenvalue weighted by atomic mass is 9.77. The van der Waals surface area contributed by atoms with Gasteiger partial charge in [0.15, 0.2) is 0 Å². The van der Waals surface area contributed by atoms with E-state index in [0.717, 1.165) is 31.2 Å². The first kappa shape index (κ1) is 17.6. The summed E-state index contributed by atoms with van der Waals surface area (Å²) in [4.78, 5) is 11.5. The van der Waals surface area contributed by atoms with Crippen LogP contribution in [0.25, 0.3) is 0 Å². The van der Waals surface area contributed by atoms with Crippen LogP contribution in [0, 0.1) is 5.92 Å². The monoisotopic (exact) mass is 330 g/mol. The maximum Gasteiger partial charge on any atom is 0.573 e. The first-order valence-corrected chi connectivity index (χ1v) is 7.88. The smallest absolute Gasteiger partial charge is 0.466 e. The number of alkyl halides is 3. The minimum atomic E-state index is -4.66. The Hall–Kier alpha value is -1.72. The maximum absolute atomic E-state index is 12.1. The van der Waals surface area contributed by atoms with Gasteiger partial charge >= 0.3 is 12.3 Å². The number of hydrogen-bond donors (Lipinski definition) is 0. The van der Waals surface area contributed by atoms with E-state index in [1.54, 1.807) is 19.1 Å². The highest BCUT2D eigenvalue weighted by molar-refractivity contribution is 5.69. The number of carbonyl (C=O) groups is 1. The second-order valence-corrected chi connectivity index (χ2v) is 5.84. The molecular formula is C17H21F3O3. The van der Waals surface area contributed by atoms with Gasteiger partial charge in [-0.05, 0) is 62.1 Å². The fourth-order valence-corrected chi connectivity index (χ4v) is 3.10. The van der Waals surface area contributed by atoms with Crippen LogP contribution in [0.4, 0.5) is 13.2 Å². The van der Waals surface area contributed by atoms with Gasteiger partial charge in [-0.15, -0.1) is 13.2 Å². The zero-order chi connectivity index (χ0) is 16.9. The molecule has 23 heavy (non-hydrogen) atoms. The summed E-state index contributed by atoms with van der Waals surface area (Å²) >= 11 is 0. The Labute approximate surface area is 133 Å². The fraction of sp³-hybridized carbons (Fsp3) is 0.588. The standard InChI is InChI=1S/C17H21F3O3/c1-2-22-16(21)11-12-3-5-13(6-4-12)14-7-9-15(10-8-14)23-17(18,19)20/h7-10,12-13H,2-6,11H2,1H3. The zero-order valence-corrected chi connectivity index (χ0v) is 13.1. The zero-order valence-electron chi connectivity index (χ0n) is 13.1. The molecule has 1 aliphatic carbocycles. The van der Waals surface area contributed by atoms with Crippen LogP contribution in [0.3, 0.4) is 0 Å². The third-order valence-electron chi connectivity index (χ3n) is 4.19. The van der Waals surface area contributed by atoms with Crippen molar-refractivity contribution in [3.63, 3.8) is 0 Å². The van der Waals surface area contributed by atoms with E-state index in [2.05, 4.69) is 4.74 Å². The van der Waals surface area contributed by atoms with E-state index in [4.69, 9.17) is 4.74 Å². The van der Waals surface area contributed by atoms with Gasteiger partial charge in [0.1, 0.15) is 5.75 Å². The molecular weight excluding hydrogens is 309 g/mol. The molecule has 0 saturated heterocycles. The van der Waals surface area contributed by atoms with E-state index in [-0.39, 0.29) is 11.7 Å². The van der Waals surface area contributed by atoms with Crippen molar-refractivity contribution in [2.45, 2.75) is 51.3 Å². The van der Waals surface area contributed by atoms with Crippen molar-refractivity contribution in [1.29, 1.82) is 0 Å². The molecule has 0 amide bonds. The van der Waals surface area contributed by atoms with Crippen LogP contribution in [-0.4, -0.2) is 18.9 Å². The van der Waals surface area contributed by atoms with Gasteiger partial charge in [0.2, 0.25) is 0 Å². The number of benzene rings is 1. The Morgan fingerprint density at radius 3 is 2.26 bits per heavy atom. The summed E-state index contributed by atoms with van der Waals surface area (Å²) < 4.78 is 45.3. The molecule has 0 aromatic heterocycles. The summed E-state index contributed by atoms with van der Waals surface area (Å²) in [6.45, 7) is 2.20. The fourth-order valence-electron chi connectivity index (χ4n) is 3.10. The minimum absolute atomic E-state index is 0.149. The van der Waals surface area contributed by atoms with Crippen molar-refractivity contribution in [2.24, 2.45) is 5.92 Å². The Morgan fingerprint density at radius 2 is 1.74 bits per heavy atom. The lowest BCUT2D eigenvalue weighted by molar-refractivity contribution is -0.274. The largest absolute Gasteiger partial charge is 0.573 e. The average Bonchev–Trinajstić information content (AvgIpc) is 2.47. The molecule has 0 heterocycles. The number of rotatable bonds is 5. The maximum atomic E-state index is 12.1. The molecule has 0 unspecified atom stereocenters. The summed E-state index contributed by atoms with van der Waals surface area (Å²) in [5, 5.41) is 0. The SMILES string of the molecule is CCOC(=O)CC1CCC(c2ccc(OC(F)(F)F)cc2)CC1. The van der Waals surface area contributed by atoms with Crippen LogP contribution in [-0.2, 0) is 9.53 Å². The number of carbonyl (C=O) groups excluding carboxylic acids is 1. The van der Waals surface area contributed by atoms with Crippen LogP contribution >= 0.6 is 0 Å². The molecule has 1 aliphatic rings. The number of halogens is 3. The Kier molecular flexibility index (Phi) is 5.91. The third kappa shape index (κ3) is 5.77. The number of hydrogen-bond acceptors (Lipinski definition) is 3. The quantitative estimate of drug-likeness (QED) is 0.727. The van der Waals surface area contributed by atoms with E-state index >= 15 is 0 Å². The van der Waals surface area contributed by atoms with Crippen molar-refractivity contribution in [3.05, 3.63) is 29.8 Å². The van der Waals surface area contributed by atoms with Crippen molar-refractivity contribution >= 4 is 5.97 Å². The molecule has 1 aromatic carbocycles. The highest BCUT2D eigenvalue weighted by atomic mass is 19.4. The molecule has 0 radical (unpaired) electrons. The van der Waals surface area contributed by atoms with E-state index in [1.807, 2.05) is 0 Å². The molecule has 1 fully saturated rings. The van der Waals surface area contributed by atoms with Crippen LogP contribution in [0.2, 0.25) is 0 Å². The predicted octanol–water partition coefficient (Wildman–Crippen LogP) is 4.81. The summed E-state index contributed by atoms with van der Waals surface area (Å²) in [6.07, 6.45) is -0.465. The van der Waals surface area contributed by atoms with Crippen LogP contribution in [0.5, 0.6) is 5.75 Å². The van der Waals surface area contributed by atoms with Gasteiger partial charge in [-0.25, -0.2) is 0 Å². The Morgan fingerprint density at radius 1 is 1.13 bits per heavy atom. The first-order valence-electron chi connectivity index (χ1n) is 7.88. The minimum Gasteiger partial charge on any atom is -0.466 e. The lowest BCUT2D eigenvalue weighted by Crippen LogP contribution is -2.18. The summed E-state index contributed by atoms with van der Waals surface area (Å²) in [7, 11) is 0. The van der Waals surface area contributed by atoms with Crippen molar-refractivity contribution in [2.75, 3.05) is 6.61 Å². The Bertz CT molecular complexity index is 503. The molecule has 0 N–H and O–H groups in total. The predicted molar refractivity (Wildman–Crippen MR) is 79.1 cm³/mol. The number of esters is 1. The molecule has 1 saturated carbocycles. The average molecular weight is 330 g/mol. The van der Waals surface area contributed by atoms with Gasteiger partial charge in [-0.3, -0.25) is 4.79 Å².